The van der Waals surface area contributed by atoms with Gasteiger partial charge in [-0.1, -0.05) is 11.6 Å². The van der Waals surface area contributed by atoms with Crippen LogP contribution in [0.1, 0.15) is 20.2 Å². The Balaban J connectivity index is 2.20. The topological polar surface area (TPSA) is 31.2 Å². The number of methoxy groups -OCH3 is 1. The minimum Gasteiger partial charge on any atom is -0.495 e. The molecule has 0 bridgehead atoms. The fourth-order valence-electron chi connectivity index (χ4n) is 2.34. The average Bonchev–Trinajstić information content (AvgIpc) is 3.00. The fourth-order valence-corrected chi connectivity index (χ4v) is 3.37. The highest BCUT2D eigenvalue weighted by atomic mass is 35.5. The van der Waals surface area contributed by atoms with Crippen molar-refractivity contribution >= 4 is 39.7 Å². The van der Waals surface area contributed by atoms with Crippen molar-refractivity contribution < 1.29 is 9.53 Å². The summed E-state index contributed by atoms with van der Waals surface area (Å²) in [6.45, 7) is 3.84. The first-order valence-corrected chi connectivity index (χ1v) is 7.59. The van der Waals surface area contributed by atoms with Crippen LogP contribution in [0, 0.1) is 19.9 Å². The summed E-state index contributed by atoms with van der Waals surface area (Å²) in [6.07, 6.45) is 0. The summed E-state index contributed by atoms with van der Waals surface area (Å²) in [7, 11) is 1.57. The monoisotopic (exact) mass is 318 g/mol. The molecular formula is C16H13ClNO2S. The highest BCUT2D eigenvalue weighted by Gasteiger charge is 2.18. The van der Waals surface area contributed by atoms with Gasteiger partial charge in [0.05, 0.1) is 22.5 Å². The van der Waals surface area contributed by atoms with Gasteiger partial charge in [-0.3, -0.25) is 9.36 Å². The second kappa shape index (κ2) is 5.20. The lowest BCUT2D eigenvalue weighted by Gasteiger charge is -2.07. The maximum Gasteiger partial charge on any atom is 0.272 e. The van der Waals surface area contributed by atoms with Crippen molar-refractivity contribution in [3.8, 4) is 5.75 Å². The van der Waals surface area contributed by atoms with Gasteiger partial charge >= 0.3 is 0 Å². The molecule has 1 aromatic carbocycles. The molecule has 0 aliphatic carbocycles. The fraction of sp³-hybridized carbons (Fsp3) is 0.188. The van der Waals surface area contributed by atoms with Crippen molar-refractivity contribution in [2.75, 3.05) is 7.11 Å². The number of aromatic nitrogens is 1. The molecule has 21 heavy (non-hydrogen) atoms. The molecule has 3 nitrogen and oxygen atoms in total. The third-order valence-electron chi connectivity index (χ3n) is 3.32. The van der Waals surface area contributed by atoms with Crippen molar-refractivity contribution in [1.82, 2.24) is 4.57 Å². The summed E-state index contributed by atoms with van der Waals surface area (Å²) in [6, 6.07) is 10.5. The van der Waals surface area contributed by atoms with E-state index < -0.39 is 0 Å². The van der Waals surface area contributed by atoms with Gasteiger partial charge in [-0.05, 0) is 38.1 Å². The lowest BCUT2D eigenvalue weighted by molar-refractivity contribution is 0.0967. The van der Waals surface area contributed by atoms with Crippen molar-refractivity contribution in [3.63, 3.8) is 0 Å². The smallest absolute Gasteiger partial charge is 0.272 e. The number of ether oxygens (including phenoxy) is 1. The molecule has 0 aliphatic heterocycles. The van der Waals surface area contributed by atoms with Crippen LogP contribution in [0.5, 0.6) is 5.75 Å². The average molecular weight is 319 g/mol. The first-order chi connectivity index (χ1) is 10.0. The number of aryl methyl sites for hydroxylation is 2. The molecule has 0 fully saturated rings. The van der Waals surface area contributed by atoms with Gasteiger partial charge in [0.1, 0.15) is 5.75 Å². The van der Waals surface area contributed by atoms with Crippen molar-refractivity contribution in [2.45, 2.75) is 13.8 Å². The van der Waals surface area contributed by atoms with Crippen molar-refractivity contribution in [2.24, 2.45) is 0 Å². The van der Waals surface area contributed by atoms with Crippen LogP contribution in [0.2, 0.25) is 5.02 Å². The quantitative estimate of drug-likeness (QED) is 0.698. The molecule has 0 N–H and O–H groups in total. The van der Waals surface area contributed by atoms with Crippen LogP contribution in [0.4, 0.5) is 0 Å². The van der Waals surface area contributed by atoms with Gasteiger partial charge in [0.15, 0.2) is 0 Å². The van der Waals surface area contributed by atoms with Gasteiger partial charge in [0, 0.05) is 22.0 Å². The van der Waals surface area contributed by atoms with E-state index in [2.05, 4.69) is 6.07 Å². The number of carbonyl (C=O) groups excluding carboxylic acids is 1. The molecule has 0 saturated heterocycles. The third kappa shape index (κ3) is 2.34. The number of carbonyl (C=O) groups is 1. The predicted molar refractivity (Wildman–Crippen MR) is 85.9 cm³/mol. The van der Waals surface area contributed by atoms with Crippen LogP contribution in [0.3, 0.4) is 0 Å². The maximum atomic E-state index is 12.7. The summed E-state index contributed by atoms with van der Waals surface area (Å²) < 4.78 is 6.85. The Hall–Kier alpha value is -1.78. The Morgan fingerprint density at radius 2 is 2.10 bits per heavy atom. The summed E-state index contributed by atoms with van der Waals surface area (Å²) in [5, 5.41) is 1.29. The Bertz CT molecular complexity index is 847. The van der Waals surface area contributed by atoms with Crippen LogP contribution in [-0.2, 0) is 0 Å². The molecule has 0 spiro atoms. The van der Waals surface area contributed by atoms with Gasteiger partial charge in [0.25, 0.3) is 5.91 Å². The Morgan fingerprint density at radius 3 is 2.71 bits per heavy atom. The minimum absolute atomic E-state index is 0.0573. The largest absolute Gasteiger partial charge is 0.495 e. The molecule has 2 aromatic heterocycles. The molecule has 0 aliphatic rings. The zero-order valence-electron chi connectivity index (χ0n) is 11.9. The predicted octanol–water partition coefficient (Wildman–Crippen LogP) is 4.47. The minimum atomic E-state index is -0.0573. The van der Waals surface area contributed by atoms with E-state index in [4.69, 9.17) is 16.3 Å². The number of rotatable bonds is 2. The number of thiophene rings is 1. The number of nitrogens with zero attached hydrogens (tertiary/aromatic N) is 1. The van der Waals surface area contributed by atoms with E-state index in [1.54, 1.807) is 23.8 Å². The number of benzene rings is 1. The number of halogens is 1. The lowest BCUT2D eigenvalue weighted by atomic mass is 10.2. The van der Waals surface area contributed by atoms with Crippen molar-refractivity contribution in [3.05, 3.63) is 50.8 Å². The van der Waals surface area contributed by atoms with Crippen LogP contribution < -0.4 is 4.74 Å². The molecule has 107 valence electrons. The van der Waals surface area contributed by atoms with Crippen LogP contribution in [0.25, 0.3) is 10.9 Å². The van der Waals surface area contributed by atoms with Gasteiger partial charge < -0.3 is 4.74 Å². The number of fused-ring (bicyclic) bond motifs is 1. The van der Waals surface area contributed by atoms with E-state index in [9.17, 15) is 4.79 Å². The summed E-state index contributed by atoms with van der Waals surface area (Å²) in [5.74, 6) is 0.523. The highest BCUT2D eigenvalue weighted by molar-refractivity contribution is 7.14. The second-order valence-electron chi connectivity index (χ2n) is 4.77. The zero-order chi connectivity index (χ0) is 15.1. The third-order valence-corrected chi connectivity index (χ3v) is 4.60. The first kappa shape index (κ1) is 14.2. The molecule has 1 radical (unpaired) electrons. The molecule has 5 heteroatoms. The maximum absolute atomic E-state index is 12.7. The van der Waals surface area contributed by atoms with E-state index in [0.717, 1.165) is 21.5 Å². The van der Waals surface area contributed by atoms with Crippen molar-refractivity contribution in [1.29, 1.82) is 0 Å². The Kier molecular flexibility index (Phi) is 3.51. The van der Waals surface area contributed by atoms with Gasteiger partial charge in [-0.15, -0.1) is 11.3 Å². The molecule has 0 unspecified atom stereocenters. The summed E-state index contributed by atoms with van der Waals surface area (Å²) in [5.41, 5.74) is 1.50. The van der Waals surface area contributed by atoms with Crippen LogP contribution >= 0.6 is 22.9 Å². The van der Waals surface area contributed by atoms with Gasteiger partial charge in [-0.2, -0.15) is 0 Å². The number of hydrogen-bond acceptors (Lipinski definition) is 3. The van der Waals surface area contributed by atoms with Gasteiger partial charge in [0.2, 0.25) is 0 Å². The highest BCUT2D eigenvalue weighted by Crippen LogP contribution is 2.32. The van der Waals surface area contributed by atoms with E-state index in [1.807, 2.05) is 26.0 Å². The molecule has 3 aromatic rings. The molecule has 2 heterocycles. The Morgan fingerprint density at radius 1 is 1.33 bits per heavy atom. The SMILES string of the molecule is COc1cc2[c]c(C)n(C(=O)c3ccc(C)s3)c2cc1Cl. The molecule has 0 amide bonds. The van der Waals surface area contributed by atoms with Gasteiger partial charge in [-0.25, -0.2) is 0 Å². The van der Waals surface area contributed by atoms with Crippen LogP contribution in [0.15, 0.2) is 24.3 Å². The normalized spacial score (nSPS) is 11.0. The molecule has 3 rings (SSSR count). The second-order valence-corrected chi connectivity index (χ2v) is 6.46. The first-order valence-electron chi connectivity index (χ1n) is 6.40. The Labute approximate surface area is 131 Å². The molecule has 0 saturated carbocycles. The summed E-state index contributed by atoms with van der Waals surface area (Å²) >= 11 is 7.66. The standard InChI is InChI=1S/C16H13ClNO2S/c1-9-6-11-7-14(20-3)12(17)8-13(11)18(9)16(19)15-5-4-10(2)21-15/h4-5,7-8H,1-3H3. The van der Waals surface area contributed by atoms with E-state index in [1.165, 1.54) is 11.3 Å². The van der Waals surface area contributed by atoms with E-state index in [-0.39, 0.29) is 5.91 Å². The van der Waals surface area contributed by atoms with E-state index in [0.29, 0.717) is 15.6 Å². The van der Waals surface area contributed by atoms with Crippen LogP contribution in [-0.4, -0.2) is 17.6 Å². The van der Waals surface area contributed by atoms with E-state index >= 15 is 0 Å². The molecular weight excluding hydrogens is 306 g/mol. The number of hydrogen-bond donors (Lipinski definition) is 0. The molecule has 0 atom stereocenters. The lowest BCUT2D eigenvalue weighted by Crippen LogP contribution is -2.11. The summed E-state index contributed by atoms with van der Waals surface area (Å²) in [4.78, 5) is 14.5. The zero-order valence-corrected chi connectivity index (χ0v) is 13.4.